The Morgan fingerprint density at radius 1 is 1.53 bits per heavy atom. The van der Waals surface area contributed by atoms with E-state index < -0.39 is 15.8 Å². The van der Waals surface area contributed by atoms with Crippen LogP contribution in [0, 0.1) is 11.3 Å². The largest absolute Gasteiger partial charge is 0.265 e. The Bertz CT molecular complexity index is 450. The third kappa shape index (κ3) is 3.65. The predicted octanol–water partition coefficient (Wildman–Crippen LogP) is 0.586. The molecule has 1 heterocycles. The number of aromatic nitrogens is 1. The Balaban J connectivity index is 2.73. The second kappa shape index (κ2) is 4.87. The van der Waals surface area contributed by atoms with E-state index in [2.05, 4.69) is 9.71 Å². The minimum Gasteiger partial charge on any atom is -0.265 e. The maximum Gasteiger partial charge on any atom is 0.225 e. The average molecular weight is 225 g/mol. The van der Waals surface area contributed by atoms with Gasteiger partial charge in [0.1, 0.15) is 0 Å². The molecular formula is C9H11N3O2S. The summed E-state index contributed by atoms with van der Waals surface area (Å²) in [6.45, 7) is 1.71. The molecule has 0 saturated heterocycles. The zero-order valence-corrected chi connectivity index (χ0v) is 9.03. The second-order valence-corrected chi connectivity index (χ2v) is 4.79. The lowest BCUT2D eigenvalue weighted by molar-refractivity contribution is 0.570. The number of nitrogens with zero attached hydrogens (tertiary/aromatic N) is 2. The van der Waals surface area contributed by atoms with Crippen LogP contribution in [0.2, 0.25) is 0 Å². The first-order chi connectivity index (χ1) is 7.05. The molecule has 0 fully saturated rings. The lowest BCUT2D eigenvalue weighted by Gasteiger charge is -2.12. The van der Waals surface area contributed by atoms with Gasteiger partial charge in [0.2, 0.25) is 10.0 Å². The lowest BCUT2D eigenvalue weighted by atomic mass is 10.1. The van der Waals surface area contributed by atoms with Gasteiger partial charge in [-0.05, 0) is 24.6 Å². The van der Waals surface area contributed by atoms with Crippen LogP contribution in [0.1, 0.15) is 18.5 Å². The lowest BCUT2D eigenvalue weighted by Crippen LogP contribution is -2.28. The Morgan fingerprint density at radius 3 is 2.67 bits per heavy atom. The van der Waals surface area contributed by atoms with Crippen molar-refractivity contribution in [3.05, 3.63) is 30.1 Å². The van der Waals surface area contributed by atoms with Crippen LogP contribution in [-0.2, 0) is 10.0 Å². The van der Waals surface area contributed by atoms with Crippen LogP contribution in [0.15, 0.2) is 24.5 Å². The van der Waals surface area contributed by atoms with Crippen LogP contribution in [-0.4, -0.2) is 19.2 Å². The third-order valence-corrected chi connectivity index (χ3v) is 3.04. The Hall–Kier alpha value is -1.45. The van der Waals surface area contributed by atoms with Crippen LogP contribution < -0.4 is 4.72 Å². The summed E-state index contributed by atoms with van der Waals surface area (Å²) in [6.07, 6.45) is 3.18. The third-order valence-electron chi connectivity index (χ3n) is 1.82. The van der Waals surface area contributed by atoms with E-state index in [0.717, 1.165) is 5.56 Å². The van der Waals surface area contributed by atoms with Crippen LogP contribution in [0.5, 0.6) is 0 Å². The SMILES string of the molecule is CC(NS(=O)(=O)CC#N)c1ccncc1. The van der Waals surface area contributed by atoms with Gasteiger partial charge in [-0.3, -0.25) is 4.98 Å². The van der Waals surface area contributed by atoms with Crippen molar-refractivity contribution < 1.29 is 8.42 Å². The molecule has 1 aromatic rings. The summed E-state index contributed by atoms with van der Waals surface area (Å²) < 4.78 is 24.9. The molecule has 6 heteroatoms. The number of nitriles is 1. The quantitative estimate of drug-likeness (QED) is 0.812. The minimum atomic E-state index is -3.51. The number of rotatable bonds is 4. The van der Waals surface area contributed by atoms with E-state index in [4.69, 9.17) is 5.26 Å². The van der Waals surface area contributed by atoms with Crippen LogP contribution in [0.25, 0.3) is 0 Å². The van der Waals surface area contributed by atoms with Crippen LogP contribution in [0.4, 0.5) is 0 Å². The maximum atomic E-state index is 11.3. The first kappa shape index (κ1) is 11.6. The molecule has 1 atom stereocenters. The van der Waals surface area contributed by atoms with E-state index in [1.165, 1.54) is 0 Å². The molecule has 80 valence electrons. The van der Waals surface area contributed by atoms with E-state index in [-0.39, 0.29) is 6.04 Å². The molecule has 1 unspecified atom stereocenters. The van der Waals surface area contributed by atoms with E-state index >= 15 is 0 Å². The summed E-state index contributed by atoms with van der Waals surface area (Å²) in [6, 6.07) is 4.69. The highest BCUT2D eigenvalue weighted by Crippen LogP contribution is 2.11. The molecule has 0 aliphatic rings. The molecular weight excluding hydrogens is 214 g/mol. The van der Waals surface area contributed by atoms with Gasteiger partial charge in [0.15, 0.2) is 5.75 Å². The number of hydrogen-bond acceptors (Lipinski definition) is 4. The summed E-state index contributed by atoms with van der Waals surface area (Å²) in [4.78, 5) is 3.83. The minimum absolute atomic E-state index is 0.355. The van der Waals surface area contributed by atoms with E-state index in [9.17, 15) is 8.42 Å². The Morgan fingerprint density at radius 2 is 2.13 bits per heavy atom. The summed E-state index contributed by atoms with van der Waals surface area (Å²) in [7, 11) is -3.51. The summed E-state index contributed by atoms with van der Waals surface area (Å²) in [5.41, 5.74) is 0.812. The van der Waals surface area contributed by atoms with Crippen molar-refractivity contribution in [1.82, 2.24) is 9.71 Å². The topological polar surface area (TPSA) is 82.9 Å². The summed E-state index contributed by atoms with van der Waals surface area (Å²) in [5, 5.41) is 8.31. The molecule has 1 N–H and O–H groups in total. The summed E-state index contributed by atoms with van der Waals surface area (Å²) >= 11 is 0. The smallest absolute Gasteiger partial charge is 0.225 e. The van der Waals surface area contributed by atoms with Gasteiger partial charge < -0.3 is 0 Å². The molecule has 0 spiro atoms. The highest BCUT2D eigenvalue weighted by Gasteiger charge is 2.14. The van der Waals surface area contributed by atoms with E-state index in [1.54, 1.807) is 37.5 Å². The average Bonchev–Trinajstić information content (AvgIpc) is 2.18. The molecule has 0 saturated carbocycles. The molecule has 15 heavy (non-hydrogen) atoms. The molecule has 0 radical (unpaired) electrons. The van der Waals surface area contributed by atoms with E-state index in [0.29, 0.717) is 0 Å². The molecule has 0 aliphatic carbocycles. The van der Waals surface area contributed by atoms with Crippen molar-refractivity contribution in [3.63, 3.8) is 0 Å². The van der Waals surface area contributed by atoms with Gasteiger partial charge in [0, 0.05) is 18.4 Å². The highest BCUT2D eigenvalue weighted by atomic mass is 32.2. The highest BCUT2D eigenvalue weighted by molar-refractivity contribution is 7.89. The summed E-state index contributed by atoms with van der Waals surface area (Å²) in [5.74, 6) is -0.525. The number of pyridine rings is 1. The fraction of sp³-hybridized carbons (Fsp3) is 0.333. The molecule has 0 bridgehead atoms. The number of hydrogen-bond donors (Lipinski definition) is 1. The van der Waals surface area contributed by atoms with Gasteiger partial charge in [0.05, 0.1) is 6.07 Å². The molecule has 1 rings (SSSR count). The van der Waals surface area contributed by atoms with Gasteiger partial charge in [-0.2, -0.15) is 5.26 Å². The van der Waals surface area contributed by atoms with E-state index in [1.807, 2.05) is 0 Å². The molecule has 1 aromatic heterocycles. The van der Waals surface area contributed by atoms with Crippen molar-refractivity contribution >= 4 is 10.0 Å². The first-order valence-electron chi connectivity index (χ1n) is 4.32. The van der Waals surface area contributed by atoms with Gasteiger partial charge in [-0.15, -0.1) is 0 Å². The first-order valence-corrected chi connectivity index (χ1v) is 5.97. The molecule has 0 amide bonds. The van der Waals surface area contributed by atoms with Crippen molar-refractivity contribution in [2.75, 3.05) is 5.75 Å². The molecule has 0 aromatic carbocycles. The van der Waals surface area contributed by atoms with Gasteiger partial charge in [0.25, 0.3) is 0 Å². The fourth-order valence-electron chi connectivity index (χ4n) is 1.12. The fourth-order valence-corrected chi connectivity index (χ4v) is 2.04. The second-order valence-electron chi connectivity index (χ2n) is 3.04. The van der Waals surface area contributed by atoms with Crippen molar-refractivity contribution in [2.45, 2.75) is 13.0 Å². The van der Waals surface area contributed by atoms with Crippen molar-refractivity contribution in [1.29, 1.82) is 5.26 Å². The monoisotopic (exact) mass is 225 g/mol. The van der Waals surface area contributed by atoms with Crippen molar-refractivity contribution in [2.24, 2.45) is 0 Å². The van der Waals surface area contributed by atoms with Gasteiger partial charge in [-0.1, -0.05) is 0 Å². The predicted molar refractivity (Wildman–Crippen MR) is 55.2 cm³/mol. The Labute approximate surface area is 88.8 Å². The molecule has 0 aliphatic heterocycles. The number of sulfonamides is 1. The molecule has 5 nitrogen and oxygen atoms in total. The van der Waals surface area contributed by atoms with Crippen molar-refractivity contribution in [3.8, 4) is 6.07 Å². The Kier molecular flexibility index (Phi) is 3.77. The van der Waals surface area contributed by atoms with Gasteiger partial charge in [-0.25, -0.2) is 13.1 Å². The van der Waals surface area contributed by atoms with Crippen LogP contribution >= 0.6 is 0 Å². The zero-order chi connectivity index (χ0) is 11.3. The standard InChI is InChI=1S/C9H11N3O2S/c1-8(9-2-5-11-6-3-9)12-15(13,14)7-4-10/h2-3,5-6,8,12H,7H2,1H3. The normalized spacial score (nSPS) is 13.1. The number of nitrogens with one attached hydrogen (secondary N) is 1. The zero-order valence-electron chi connectivity index (χ0n) is 8.21. The van der Waals surface area contributed by atoms with Gasteiger partial charge >= 0.3 is 0 Å². The van der Waals surface area contributed by atoms with Crippen LogP contribution in [0.3, 0.4) is 0 Å². The maximum absolute atomic E-state index is 11.3.